The molecule has 0 amide bonds. The summed E-state index contributed by atoms with van der Waals surface area (Å²) in [6.07, 6.45) is 1.55. The molecule has 0 bridgehead atoms. The molecule has 3 nitrogen and oxygen atoms in total. The lowest BCUT2D eigenvalue weighted by molar-refractivity contribution is 0.0526. The van der Waals surface area contributed by atoms with Gasteiger partial charge in [0.05, 0.1) is 23.7 Å². The molecule has 1 rings (SSSR count). The van der Waals surface area contributed by atoms with Crippen LogP contribution in [-0.2, 0) is 10.6 Å². The molecule has 13 heavy (non-hydrogen) atoms. The topological polar surface area (TPSA) is 39.2 Å². The van der Waals surface area contributed by atoms with Gasteiger partial charge in [-0.3, -0.25) is 4.98 Å². The van der Waals surface area contributed by atoms with E-state index in [-0.39, 0.29) is 5.97 Å². The van der Waals surface area contributed by atoms with Gasteiger partial charge in [-0.1, -0.05) is 0 Å². The van der Waals surface area contributed by atoms with Crippen LogP contribution in [0.4, 0.5) is 0 Å². The first-order chi connectivity index (χ1) is 6.27. The maximum absolute atomic E-state index is 11.2. The van der Waals surface area contributed by atoms with Gasteiger partial charge in [-0.15, -0.1) is 11.6 Å². The summed E-state index contributed by atoms with van der Waals surface area (Å²) in [6, 6.07) is 3.24. The number of carbonyl (C=O) groups excluding carboxylic acids is 1. The third-order valence-electron chi connectivity index (χ3n) is 1.46. The van der Waals surface area contributed by atoms with Gasteiger partial charge in [-0.2, -0.15) is 0 Å². The van der Waals surface area contributed by atoms with Crippen LogP contribution in [0.1, 0.15) is 23.0 Å². The molecular weight excluding hydrogens is 190 g/mol. The fourth-order valence-electron chi connectivity index (χ4n) is 0.893. The van der Waals surface area contributed by atoms with Gasteiger partial charge in [-0.25, -0.2) is 4.79 Å². The number of aromatic nitrogens is 1. The number of carbonyl (C=O) groups is 1. The smallest absolute Gasteiger partial charge is 0.338 e. The van der Waals surface area contributed by atoms with E-state index in [0.29, 0.717) is 23.7 Å². The molecule has 70 valence electrons. The number of alkyl halides is 1. The van der Waals surface area contributed by atoms with Gasteiger partial charge in [0.1, 0.15) is 0 Å². The zero-order chi connectivity index (χ0) is 9.68. The van der Waals surface area contributed by atoms with E-state index in [2.05, 4.69) is 4.98 Å². The van der Waals surface area contributed by atoms with Gasteiger partial charge in [0, 0.05) is 6.20 Å². The van der Waals surface area contributed by atoms with Gasteiger partial charge in [-0.05, 0) is 19.1 Å². The average molecular weight is 200 g/mol. The van der Waals surface area contributed by atoms with Crippen LogP contribution in [0, 0.1) is 0 Å². The van der Waals surface area contributed by atoms with Crippen LogP contribution in [0.15, 0.2) is 18.3 Å². The number of hydrogen-bond acceptors (Lipinski definition) is 3. The van der Waals surface area contributed by atoms with E-state index in [4.69, 9.17) is 16.3 Å². The number of halogens is 1. The average Bonchev–Trinajstić information content (AvgIpc) is 2.18. The molecule has 0 saturated heterocycles. The number of hydrogen-bond donors (Lipinski definition) is 0. The summed E-state index contributed by atoms with van der Waals surface area (Å²) in [5, 5.41) is 0. The summed E-state index contributed by atoms with van der Waals surface area (Å²) < 4.78 is 4.82. The number of esters is 1. The van der Waals surface area contributed by atoms with Crippen molar-refractivity contribution in [2.24, 2.45) is 0 Å². The lowest BCUT2D eigenvalue weighted by Gasteiger charge is -2.01. The first-order valence-corrected chi connectivity index (χ1v) is 4.49. The molecule has 0 unspecified atom stereocenters. The Balaban J connectivity index is 2.82. The van der Waals surface area contributed by atoms with Gasteiger partial charge in [0.15, 0.2) is 0 Å². The van der Waals surface area contributed by atoms with Gasteiger partial charge >= 0.3 is 5.97 Å². The van der Waals surface area contributed by atoms with Crippen LogP contribution in [0.5, 0.6) is 0 Å². The number of ether oxygens (including phenoxy) is 1. The highest BCUT2D eigenvalue weighted by Gasteiger charge is 2.06. The Bertz CT molecular complexity index is 301. The van der Waals surface area contributed by atoms with Crippen molar-refractivity contribution in [2.75, 3.05) is 6.61 Å². The second kappa shape index (κ2) is 4.82. The zero-order valence-electron chi connectivity index (χ0n) is 7.29. The lowest BCUT2D eigenvalue weighted by atomic mass is 10.2. The molecule has 1 aromatic heterocycles. The standard InChI is InChI=1S/C9H10ClNO2/c1-2-13-9(12)7-3-4-11-8(5-7)6-10/h3-5H,2,6H2,1H3. The molecule has 4 heteroatoms. The highest BCUT2D eigenvalue weighted by molar-refractivity contribution is 6.16. The SMILES string of the molecule is CCOC(=O)c1ccnc(CCl)c1. The fourth-order valence-corrected chi connectivity index (χ4v) is 1.04. The summed E-state index contributed by atoms with van der Waals surface area (Å²) in [5.41, 5.74) is 1.17. The van der Waals surface area contributed by atoms with Crippen molar-refractivity contribution >= 4 is 17.6 Å². The molecule has 0 N–H and O–H groups in total. The van der Waals surface area contributed by atoms with Crippen LogP contribution in [0.2, 0.25) is 0 Å². The Morgan fingerprint density at radius 2 is 2.46 bits per heavy atom. The highest BCUT2D eigenvalue weighted by atomic mass is 35.5. The van der Waals surface area contributed by atoms with Gasteiger partial charge < -0.3 is 4.74 Å². The Morgan fingerprint density at radius 1 is 1.69 bits per heavy atom. The molecule has 0 aromatic carbocycles. The normalized spacial score (nSPS) is 9.69. The molecule has 0 saturated carbocycles. The quantitative estimate of drug-likeness (QED) is 0.552. The van der Waals surface area contributed by atoms with E-state index < -0.39 is 0 Å². The van der Waals surface area contributed by atoms with E-state index in [1.807, 2.05) is 0 Å². The molecule has 0 aliphatic heterocycles. The van der Waals surface area contributed by atoms with Crippen molar-refractivity contribution in [1.82, 2.24) is 4.98 Å². The summed E-state index contributed by atoms with van der Waals surface area (Å²) in [7, 11) is 0. The van der Waals surface area contributed by atoms with Crippen LogP contribution in [0.3, 0.4) is 0 Å². The third-order valence-corrected chi connectivity index (χ3v) is 1.74. The van der Waals surface area contributed by atoms with Gasteiger partial charge in [0.25, 0.3) is 0 Å². The largest absolute Gasteiger partial charge is 0.462 e. The molecule has 0 fully saturated rings. The van der Waals surface area contributed by atoms with Gasteiger partial charge in [0.2, 0.25) is 0 Å². The molecule has 0 aliphatic rings. The third kappa shape index (κ3) is 2.70. The number of nitrogens with zero attached hydrogens (tertiary/aromatic N) is 1. The minimum Gasteiger partial charge on any atom is -0.462 e. The highest BCUT2D eigenvalue weighted by Crippen LogP contribution is 2.05. The van der Waals surface area contributed by atoms with E-state index in [0.717, 1.165) is 0 Å². The number of pyridine rings is 1. The minimum absolute atomic E-state index is 0.299. The fraction of sp³-hybridized carbons (Fsp3) is 0.333. The predicted molar refractivity (Wildman–Crippen MR) is 49.8 cm³/mol. The number of rotatable bonds is 3. The molecule has 0 spiro atoms. The molecule has 0 radical (unpaired) electrons. The van der Waals surface area contributed by atoms with Crippen LogP contribution in [-0.4, -0.2) is 17.6 Å². The zero-order valence-corrected chi connectivity index (χ0v) is 8.04. The van der Waals surface area contributed by atoms with E-state index in [1.165, 1.54) is 0 Å². The predicted octanol–water partition coefficient (Wildman–Crippen LogP) is 2.00. The molecule has 1 heterocycles. The van der Waals surface area contributed by atoms with E-state index >= 15 is 0 Å². The Hall–Kier alpha value is -1.09. The molecular formula is C9H10ClNO2. The Morgan fingerprint density at radius 3 is 3.08 bits per heavy atom. The minimum atomic E-state index is -0.337. The van der Waals surface area contributed by atoms with Crippen molar-refractivity contribution in [3.63, 3.8) is 0 Å². The van der Waals surface area contributed by atoms with Crippen LogP contribution >= 0.6 is 11.6 Å². The van der Waals surface area contributed by atoms with Crippen LogP contribution < -0.4 is 0 Å². The summed E-state index contributed by atoms with van der Waals surface area (Å²) in [5.74, 6) is -0.0379. The maximum Gasteiger partial charge on any atom is 0.338 e. The maximum atomic E-state index is 11.2. The van der Waals surface area contributed by atoms with Crippen molar-refractivity contribution in [3.8, 4) is 0 Å². The molecule has 0 aliphatic carbocycles. The molecule has 1 aromatic rings. The monoisotopic (exact) mass is 199 g/mol. The van der Waals surface area contributed by atoms with Crippen molar-refractivity contribution < 1.29 is 9.53 Å². The van der Waals surface area contributed by atoms with E-state index in [1.54, 1.807) is 25.3 Å². The van der Waals surface area contributed by atoms with Crippen molar-refractivity contribution in [3.05, 3.63) is 29.6 Å². The first-order valence-electron chi connectivity index (χ1n) is 3.96. The van der Waals surface area contributed by atoms with Crippen molar-refractivity contribution in [1.29, 1.82) is 0 Å². The Kier molecular flexibility index (Phi) is 3.71. The molecule has 0 atom stereocenters. The Labute approximate surface area is 81.7 Å². The summed E-state index contributed by atoms with van der Waals surface area (Å²) >= 11 is 5.57. The second-order valence-corrected chi connectivity index (χ2v) is 2.66. The first kappa shape index (κ1) is 9.99. The second-order valence-electron chi connectivity index (χ2n) is 2.39. The lowest BCUT2D eigenvalue weighted by Crippen LogP contribution is -2.05. The van der Waals surface area contributed by atoms with Crippen molar-refractivity contribution in [2.45, 2.75) is 12.8 Å². The van der Waals surface area contributed by atoms with Crippen LogP contribution in [0.25, 0.3) is 0 Å². The van der Waals surface area contributed by atoms with E-state index in [9.17, 15) is 4.79 Å². The summed E-state index contributed by atoms with van der Waals surface area (Å²) in [6.45, 7) is 2.14. The summed E-state index contributed by atoms with van der Waals surface area (Å²) in [4.78, 5) is 15.2.